The fourth-order valence-electron chi connectivity index (χ4n) is 2.07. The van der Waals surface area contributed by atoms with E-state index in [9.17, 15) is 9.59 Å². The Morgan fingerprint density at radius 2 is 2.00 bits per heavy atom. The number of hydrogen-bond donors (Lipinski definition) is 0. The van der Waals surface area contributed by atoms with Crippen molar-refractivity contribution in [3.8, 4) is 0 Å². The minimum absolute atomic E-state index is 0.149. The summed E-state index contributed by atoms with van der Waals surface area (Å²) in [5.74, 6) is -0.639. The minimum atomic E-state index is -0.639. The first-order valence-electron chi connectivity index (χ1n) is 6.74. The summed E-state index contributed by atoms with van der Waals surface area (Å²) in [6, 6.07) is 9.27. The summed E-state index contributed by atoms with van der Waals surface area (Å²) in [4.78, 5) is 28.5. The summed E-state index contributed by atoms with van der Waals surface area (Å²) in [6.07, 6.45) is 1.62. The van der Waals surface area contributed by atoms with Crippen LogP contribution in [0.15, 0.2) is 51.9 Å². The highest BCUT2D eigenvalue weighted by atomic mass is 79.9. The largest absolute Gasteiger partial charge is 0.456 e. The van der Waals surface area contributed by atoms with Crippen molar-refractivity contribution in [2.24, 2.45) is 0 Å². The molecular formula is C16H9BrCl2N2O3. The van der Waals surface area contributed by atoms with Gasteiger partial charge in [0.1, 0.15) is 12.3 Å². The SMILES string of the molecule is O=C(OCc1cc(=O)n2cc(Br)ccc2n1)c1cc(Cl)ccc1Cl. The maximum atomic E-state index is 12.1. The molecule has 122 valence electrons. The van der Waals surface area contributed by atoms with Crippen molar-refractivity contribution in [2.75, 3.05) is 0 Å². The third-order valence-corrected chi connectivity index (χ3v) is 4.21. The molecule has 0 radical (unpaired) electrons. The second kappa shape index (κ2) is 6.93. The van der Waals surface area contributed by atoms with Crippen molar-refractivity contribution in [1.29, 1.82) is 0 Å². The first-order chi connectivity index (χ1) is 11.4. The predicted octanol–water partition coefficient (Wildman–Crippen LogP) is 4.12. The molecule has 24 heavy (non-hydrogen) atoms. The Balaban J connectivity index is 1.83. The third-order valence-electron chi connectivity index (χ3n) is 3.18. The van der Waals surface area contributed by atoms with Crippen LogP contribution in [0.3, 0.4) is 0 Å². The Labute approximate surface area is 154 Å². The first kappa shape index (κ1) is 17.0. The van der Waals surface area contributed by atoms with Crippen molar-refractivity contribution in [3.05, 3.63) is 78.7 Å². The maximum Gasteiger partial charge on any atom is 0.340 e. The van der Waals surface area contributed by atoms with Gasteiger partial charge < -0.3 is 4.74 Å². The third kappa shape index (κ3) is 3.61. The smallest absolute Gasteiger partial charge is 0.340 e. The average Bonchev–Trinajstić information content (AvgIpc) is 2.55. The van der Waals surface area contributed by atoms with E-state index >= 15 is 0 Å². The van der Waals surface area contributed by atoms with Crippen LogP contribution in [-0.2, 0) is 11.3 Å². The Bertz CT molecular complexity index is 1000. The van der Waals surface area contributed by atoms with E-state index < -0.39 is 5.97 Å². The lowest BCUT2D eigenvalue weighted by molar-refractivity contribution is 0.0468. The quantitative estimate of drug-likeness (QED) is 0.590. The molecule has 0 saturated carbocycles. The molecule has 0 amide bonds. The Morgan fingerprint density at radius 3 is 2.79 bits per heavy atom. The van der Waals surface area contributed by atoms with Gasteiger partial charge in [-0.25, -0.2) is 9.78 Å². The van der Waals surface area contributed by atoms with Gasteiger partial charge in [0, 0.05) is 21.8 Å². The van der Waals surface area contributed by atoms with Gasteiger partial charge in [0.25, 0.3) is 5.56 Å². The summed E-state index contributed by atoms with van der Waals surface area (Å²) >= 11 is 15.1. The van der Waals surface area contributed by atoms with Crippen molar-refractivity contribution >= 4 is 50.7 Å². The van der Waals surface area contributed by atoms with Crippen molar-refractivity contribution in [3.63, 3.8) is 0 Å². The highest BCUT2D eigenvalue weighted by Crippen LogP contribution is 2.21. The van der Waals surface area contributed by atoms with Crippen LogP contribution in [0.25, 0.3) is 5.65 Å². The van der Waals surface area contributed by atoms with Crippen LogP contribution in [0.4, 0.5) is 0 Å². The number of aromatic nitrogens is 2. The molecule has 0 fully saturated rings. The topological polar surface area (TPSA) is 60.7 Å². The molecule has 1 aromatic carbocycles. The van der Waals surface area contributed by atoms with Crippen molar-refractivity contribution < 1.29 is 9.53 Å². The highest BCUT2D eigenvalue weighted by Gasteiger charge is 2.13. The molecule has 0 N–H and O–H groups in total. The average molecular weight is 428 g/mol. The lowest BCUT2D eigenvalue weighted by atomic mass is 10.2. The number of esters is 1. The van der Waals surface area contributed by atoms with Crippen LogP contribution >= 0.6 is 39.1 Å². The molecule has 0 spiro atoms. The fraction of sp³-hybridized carbons (Fsp3) is 0.0625. The molecule has 5 nitrogen and oxygen atoms in total. The van der Waals surface area contributed by atoms with Crippen molar-refractivity contribution in [2.45, 2.75) is 6.61 Å². The Hall–Kier alpha value is -1.89. The molecule has 0 bridgehead atoms. The molecule has 0 atom stereocenters. The zero-order valence-corrected chi connectivity index (χ0v) is 15.1. The molecule has 0 saturated heterocycles. The number of hydrogen-bond acceptors (Lipinski definition) is 4. The van der Waals surface area contributed by atoms with E-state index in [4.69, 9.17) is 27.9 Å². The molecule has 3 rings (SSSR count). The number of carbonyl (C=O) groups excluding carboxylic acids is 1. The predicted molar refractivity (Wildman–Crippen MR) is 94.7 cm³/mol. The number of fused-ring (bicyclic) bond motifs is 1. The second-order valence-corrected chi connectivity index (χ2v) is 6.62. The van der Waals surface area contributed by atoms with E-state index in [0.717, 1.165) is 4.47 Å². The van der Waals surface area contributed by atoms with E-state index in [1.807, 2.05) is 0 Å². The van der Waals surface area contributed by atoms with Crippen molar-refractivity contribution in [1.82, 2.24) is 9.38 Å². The van der Waals surface area contributed by atoms with Crippen LogP contribution in [0, 0.1) is 0 Å². The lowest BCUT2D eigenvalue weighted by Gasteiger charge is -2.07. The Morgan fingerprint density at radius 1 is 1.21 bits per heavy atom. The molecule has 0 aliphatic rings. The van der Waals surface area contributed by atoms with E-state index in [-0.39, 0.29) is 22.8 Å². The van der Waals surface area contributed by atoms with Crippen LogP contribution in [-0.4, -0.2) is 15.4 Å². The number of nitrogens with zero attached hydrogens (tertiary/aromatic N) is 2. The van der Waals surface area contributed by atoms with Gasteiger partial charge in [0.2, 0.25) is 0 Å². The summed E-state index contributed by atoms with van der Waals surface area (Å²) in [6.45, 7) is -0.149. The highest BCUT2D eigenvalue weighted by molar-refractivity contribution is 9.10. The van der Waals surface area contributed by atoms with Gasteiger partial charge in [-0.2, -0.15) is 0 Å². The van der Waals surface area contributed by atoms with Crippen LogP contribution < -0.4 is 5.56 Å². The van der Waals surface area contributed by atoms with Gasteiger partial charge in [-0.05, 0) is 46.3 Å². The van der Waals surface area contributed by atoms with Gasteiger partial charge in [-0.15, -0.1) is 0 Å². The van der Waals surface area contributed by atoms with E-state index in [1.54, 1.807) is 24.4 Å². The van der Waals surface area contributed by atoms with E-state index in [0.29, 0.717) is 16.4 Å². The van der Waals surface area contributed by atoms with Gasteiger partial charge in [-0.1, -0.05) is 23.2 Å². The Kier molecular flexibility index (Phi) is 4.89. The molecular weight excluding hydrogens is 419 g/mol. The summed E-state index contributed by atoms with van der Waals surface area (Å²) in [5, 5.41) is 0.611. The van der Waals surface area contributed by atoms with Crippen LogP contribution in [0.1, 0.15) is 16.1 Å². The van der Waals surface area contributed by atoms with E-state index in [2.05, 4.69) is 20.9 Å². The van der Waals surface area contributed by atoms with Gasteiger partial charge >= 0.3 is 5.97 Å². The molecule has 8 heteroatoms. The zero-order valence-electron chi connectivity index (χ0n) is 12.0. The second-order valence-electron chi connectivity index (χ2n) is 4.86. The van der Waals surface area contributed by atoms with Gasteiger partial charge in [-0.3, -0.25) is 9.20 Å². The number of pyridine rings is 1. The number of halogens is 3. The monoisotopic (exact) mass is 426 g/mol. The normalized spacial score (nSPS) is 10.8. The molecule has 3 aromatic rings. The number of ether oxygens (including phenoxy) is 1. The number of benzene rings is 1. The first-order valence-corrected chi connectivity index (χ1v) is 8.29. The summed E-state index contributed by atoms with van der Waals surface area (Å²) in [5.41, 5.74) is 0.685. The van der Waals surface area contributed by atoms with Gasteiger partial charge in [0.05, 0.1) is 16.3 Å². The minimum Gasteiger partial charge on any atom is -0.456 e. The summed E-state index contributed by atoms with van der Waals surface area (Å²) in [7, 11) is 0. The van der Waals surface area contributed by atoms with Crippen LogP contribution in [0.2, 0.25) is 10.0 Å². The zero-order chi connectivity index (χ0) is 17.3. The molecule has 0 aliphatic heterocycles. The summed E-state index contributed by atoms with van der Waals surface area (Å²) < 4.78 is 7.33. The van der Waals surface area contributed by atoms with E-state index in [1.165, 1.54) is 22.6 Å². The molecule has 2 heterocycles. The maximum absolute atomic E-state index is 12.1. The molecule has 2 aromatic heterocycles. The van der Waals surface area contributed by atoms with Crippen LogP contribution in [0.5, 0.6) is 0 Å². The van der Waals surface area contributed by atoms with Gasteiger partial charge in [0.15, 0.2) is 0 Å². The fourth-order valence-corrected chi connectivity index (χ4v) is 2.77. The number of rotatable bonds is 3. The molecule has 0 unspecified atom stereocenters. The molecule has 0 aliphatic carbocycles. The standard InChI is InChI=1S/C16H9BrCl2N2O3/c17-9-1-4-14-20-11(6-15(22)21(14)7-9)8-24-16(23)12-5-10(18)2-3-13(12)19/h1-7H,8H2. The lowest BCUT2D eigenvalue weighted by Crippen LogP contribution is -2.16. The number of carbonyl (C=O) groups is 1.